The van der Waals surface area contributed by atoms with E-state index in [1.807, 2.05) is 0 Å². The van der Waals surface area contributed by atoms with E-state index in [1.54, 1.807) is 32.9 Å². The van der Waals surface area contributed by atoms with Gasteiger partial charge in [0.15, 0.2) is 0 Å². The zero-order valence-electron chi connectivity index (χ0n) is 15.3. The van der Waals surface area contributed by atoms with Crippen molar-refractivity contribution in [2.75, 3.05) is 5.32 Å². The first-order valence-corrected chi connectivity index (χ1v) is 10.2. The number of aryl methyl sites for hydroxylation is 1. The molecular weight excluding hydrogens is 391 g/mol. The Labute approximate surface area is 164 Å². The van der Waals surface area contributed by atoms with Gasteiger partial charge in [-0.2, -0.15) is 0 Å². The second-order valence-corrected chi connectivity index (χ2v) is 9.27. The van der Waals surface area contributed by atoms with E-state index in [1.165, 1.54) is 30.3 Å². The van der Waals surface area contributed by atoms with Crippen LogP contribution >= 0.6 is 11.6 Å². The highest BCUT2D eigenvalue weighted by atomic mass is 35.5. The molecule has 0 saturated carbocycles. The first-order valence-electron chi connectivity index (χ1n) is 8.34. The summed E-state index contributed by atoms with van der Waals surface area (Å²) < 4.78 is 40.2. The van der Waals surface area contributed by atoms with Gasteiger partial charge in [0, 0.05) is 17.6 Å². The number of carbonyl (C=O) groups is 1. The molecule has 0 radical (unpaired) electrons. The van der Waals surface area contributed by atoms with Crippen LogP contribution in [0.15, 0.2) is 47.4 Å². The Bertz CT molecular complexity index is 923. The molecule has 0 aliphatic rings. The lowest BCUT2D eigenvalue weighted by Gasteiger charge is -2.20. The highest BCUT2D eigenvalue weighted by Gasteiger charge is 2.21. The minimum Gasteiger partial charge on any atom is -0.326 e. The van der Waals surface area contributed by atoms with Gasteiger partial charge in [-0.3, -0.25) is 4.79 Å². The molecule has 2 aromatic rings. The molecule has 2 N–H and O–H groups in total. The molecule has 0 saturated heterocycles. The molecule has 0 unspecified atom stereocenters. The lowest BCUT2D eigenvalue weighted by molar-refractivity contribution is -0.116. The lowest BCUT2D eigenvalue weighted by atomic mass is 10.1. The molecule has 0 atom stereocenters. The second kappa shape index (κ2) is 8.37. The third kappa shape index (κ3) is 6.61. The summed E-state index contributed by atoms with van der Waals surface area (Å²) >= 11 is 5.68. The molecule has 0 spiro atoms. The molecule has 0 aromatic heterocycles. The Hall–Kier alpha value is -1.96. The molecule has 0 aliphatic carbocycles. The summed E-state index contributed by atoms with van der Waals surface area (Å²) in [7, 11) is -3.59. The molecule has 0 aliphatic heterocycles. The molecule has 0 heterocycles. The van der Waals surface area contributed by atoms with Gasteiger partial charge in [-0.25, -0.2) is 17.5 Å². The number of rotatable bonds is 6. The first kappa shape index (κ1) is 21.3. The summed E-state index contributed by atoms with van der Waals surface area (Å²) in [5.74, 6) is -0.797. The number of amides is 1. The Kier molecular flexibility index (Phi) is 6.62. The highest BCUT2D eigenvalue weighted by Crippen LogP contribution is 2.20. The predicted molar refractivity (Wildman–Crippen MR) is 105 cm³/mol. The zero-order valence-corrected chi connectivity index (χ0v) is 16.9. The van der Waals surface area contributed by atoms with Crippen LogP contribution in [0.4, 0.5) is 10.1 Å². The fourth-order valence-electron chi connectivity index (χ4n) is 2.35. The van der Waals surface area contributed by atoms with Gasteiger partial charge in [0.2, 0.25) is 15.9 Å². The van der Waals surface area contributed by atoms with Crippen molar-refractivity contribution in [1.29, 1.82) is 0 Å². The third-order valence-corrected chi connectivity index (χ3v) is 5.58. The van der Waals surface area contributed by atoms with E-state index in [0.717, 1.165) is 5.56 Å². The minimum absolute atomic E-state index is 0.0616. The van der Waals surface area contributed by atoms with Crippen molar-refractivity contribution in [3.05, 3.63) is 58.9 Å². The average Bonchev–Trinajstić information content (AvgIpc) is 2.55. The van der Waals surface area contributed by atoms with Crippen LogP contribution in [0.25, 0.3) is 0 Å². The van der Waals surface area contributed by atoms with Crippen LogP contribution in [-0.4, -0.2) is 19.9 Å². The molecule has 0 fully saturated rings. The van der Waals surface area contributed by atoms with Gasteiger partial charge in [-0.15, -0.1) is 0 Å². The monoisotopic (exact) mass is 412 g/mol. The summed E-state index contributed by atoms with van der Waals surface area (Å²) in [6.45, 7) is 5.31. The van der Waals surface area contributed by atoms with Gasteiger partial charge in [0.25, 0.3) is 0 Å². The standard InChI is InChI=1S/C19H22ClFN2O3S/c1-19(2,3)23-27(25,26)15-8-4-13(5-9-15)6-11-18(24)22-14-7-10-17(21)16(20)12-14/h4-5,7-10,12,23H,6,11H2,1-3H3,(H,22,24). The SMILES string of the molecule is CC(C)(C)NS(=O)(=O)c1ccc(CCC(=O)Nc2ccc(F)c(Cl)c2)cc1. The van der Waals surface area contributed by atoms with Crippen molar-refractivity contribution >= 4 is 33.2 Å². The lowest BCUT2D eigenvalue weighted by Crippen LogP contribution is -2.40. The number of sulfonamides is 1. The molecule has 5 nitrogen and oxygen atoms in total. The quantitative estimate of drug-likeness (QED) is 0.749. The fraction of sp³-hybridized carbons (Fsp3) is 0.316. The van der Waals surface area contributed by atoms with Crippen LogP contribution in [0.1, 0.15) is 32.8 Å². The molecule has 27 heavy (non-hydrogen) atoms. The number of benzene rings is 2. The summed E-state index contributed by atoms with van der Waals surface area (Å²) in [4.78, 5) is 12.2. The van der Waals surface area contributed by atoms with E-state index in [9.17, 15) is 17.6 Å². The Morgan fingerprint density at radius 2 is 1.74 bits per heavy atom. The van der Waals surface area contributed by atoms with Gasteiger partial charge >= 0.3 is 0 Å². The highest BCUT2D eigenvalue weighted by molar-refractivity contribution is 7.89. The molecule has 1 amide bonds. The Balaban J connectivity index is 1.94. The van der Waals surface area contributed by atoms with Crippen LogP contribution < -0.4 is 10.0 Å². The van der Waals surface area contributed by atoms with E-state index in [4.69, 9.17) is 11.6 Å². The maximum atomic E-state index is 13.1. The topological polar surface area (TPSA) is 75.3 Å². The molecule has 2 aromatic carbocycles. The smallest absolute Gasteiger partial charge is 0.241 e. The maximum absolute atomic E-state index is 13.1. The van der Waals surface area contributed by atoms with Gasteiger partial charge in [0.1, 0.15) is 5.82 Å². The Morgan fingerprint density at radius 3 is 2.30 bits per heavy atom. The van der Waals surface area contributed by atoms with Crippen molar-refractivity contribution < 1.29 is 17.6 Å². The maximum Gasteiger partial charge on any atom is 0.241 e. The fourth-order valence-corrected chi connectivity index (χ4v) is 3.95. The van der Waals surface area contributed by atoms with Crippen LogP contribution in [0.3, 0.4) is 0 Å². The zero-order chi connectivity index (χ0) is 20.2. The minimum atomic E-state index is -3.59. The molecule has 0 bridgehead atoms. The van der Waals surface area contributed by atoms with Gasteiger partial charge < -0.3 is 5.32 Å². The molecule has 2 rings (SSSR count). The van der Waals surface area contributed by atoms with E-state index in [0.29, 0.717) is 12.1 Å². The van der Waals surface area contributed by atoms with Crippen molar-refractivity contribution in [1.82, 2.24) is 4.72 Å². The third-order valence-electron chi connectivity index (χ3n) is 3.52. The van der Waals surface area contributed by atoms with Crippen LogP contribution in [0.2, 0.25) is 5.02 Å². The van der Waals surface area contributed by atoms with E-state index in [-0.39, 0.29) is 22.2 Å². The number of halogens is 2. The van der Waals surface area contributed by atoms with Crippen molar-refractivity contribution in [3.63, 3.8) is 0 Å². The first-order chi connectivity index (χ1) is 12.5. The van der Waals surface area contributed by atoms with Gasteiger partial charge in [-0.1, -0.05) is 23.7 Å². The van der Waals surface area contributed by atoms with E-state index < -0.39 is 21.4 Å². The number of hydrogen-bond acceptors (Lipinski definition) is 3. The largest absolute Gasteiger partial charge is 0.326 e. The number of nitrogens with one attached hydrogen (secondary N) is 2. The normalized spacial score (nSPS) is 12.0. The number of hydrogen-bond donors (Lipinski definition) is 2. The Morgan fingerprint density at radius 1 is 1.11 bits per heavy atom. The predicted octanol–water partition coefficient (Wildman–Crippen LogP) is 4.13. The summed E-state index contributed by atoms with van der Waals surface area (Å²) in [6, 6.07) is 10.3. The summed E-state index contributed by atoms with van der Waals surface area (Å²) in [6.07, 6.45) is 0.634. The second-order valence-electron chi connectivity index (χ2n) is 7.18. The summed E-state index contributed by atoms with van der Waals surface area (Å²) in [5.41, 5.74) is 0.678. The van der Waals surface area contributed by atoms with Gasteiger partial charge in [0.05, 0.1) is 9.92 Å². The molecule has 8 heteroatoms. The summed E-state index contributed by atoms with van der Waals surface area (Å²) in [5, 5.41) is 2.58. The van der Waals surface area contributed by atoms with Crippen LogP contribution in [-0.2, 0) is 21.2 Å². The van der Waals surface area contributed by atoms with Crippen molar-refractivity contribution in [2.45, 2.75) is 44.0 Å². The van der Waals surface area contributed by atoms with Crippen LogP contribution in [0.5, 0.6) is 0 Å². The van der Waals surface area contributed by atoms with E-state index >= 15 is 0 Å². The van der Waals surface area contributed by atoms with Crippen molar-refractivity contribution in [3.8, 4) is 0 Å². The van der Waals surface area contributed by atoms with Gasteiger partial charge in [-0.05, 0) is 63.1 Å². The molecular formula is C19H22ClFN2O3S. The van der Waals surface area contributed by atoms with Crippen LogP contribution in [0, 0.1) is 5.82 Å². The van der Waals surface area contributed by atoms with Crippen molar-refractivity contribution in [2.24, 2.45) is 0 Å². The number of carbonyl (C=O) groups excluding carboxylic acids is 1. The van der Waals surface area contributed by atoms with E-state index in [2.05, 4.69) is 10.0 Å². The number of anilines is 1. The average molecular weight is 413 g/mol. The molecule has 146 valence electrons.